The fourth-order valence-electron chi connectivity index (χ4n) is 3.26. The lowest BCUT2D eigenvalue weighted by Crippen LogP contribution is -2.61. The van der Waals surface area contributed by atoms with Crippen LogP contribution in [0.25, 0.3) is 0 Å². The van der Waals surface area contributed by atoms with Crippen LogP contribution >= 0.6 is 11.8 Å². The van der Waals surface area contributed by atoms with Crippen molar-refractivity contribution in [3.8, 4) is 0 Å². The number of nitrogens with zero attached hydrogens (tertiary/aromatic N) is 1. The highest BCUT2D eigenvalue weighted by Crippen LogP contribution is 2.49. The van der Waals surface area contributed by atoms with Gasteiger partial charge in [0, 0.05) is 11.3 Å². The summed E-state index contributed by atoms with van der Waals surface area (Å²) in [6.07, 6.45) is 1.76. The number of fused-ring (bicyclic) bond motifs is 1. The maximum atomic E-state index is 12.6. The van der Waals surface area contributed by atoms with E-state index in [4.69, 9.17) is 4.74 Å². The van der Waals surface area contributed by atoms with Gasteiger partial charge in [-0.1, -0.05) is 49.5 Å². The molecule has 0 aromatic heterocycles. The molecule has 2 aliphatic heterocycles. The topological polar surface area (TPSA) is 66.8 Å². The summed E-state index contributed by atoms with van der Waals surface area (Å²) < 4.78 is 5.20. The summed E-state index contributed by atoms with van der Waals surface area (Å²) in [4.78, 5) is 27.6. The summed E-state index contributed by atoms with van der Waals surface area (Å²) >= 11 is 1.39. The number of hydrogen-bond acceptors (Lipinski definition) is 5. The highest BCUT2D eigenvalue weighted by Gasteiger charge is 2.56. The number of benzene rings is 1. The molecule has 3 rings (SSSR count). The molecule has 1 aromatic carbocycles. The number of ether oxygens (including phenoxy) is 1. The zero-order chi connectivity index (χ0) is 18.0. The summed E-state index contributed by atoms with van der Waals surface area (Å²) in [5.41, 5.74) is 0.500. The molecule has 3 atom stereocenters. The van der Waals surface area contributed by atoms with Gasteiger partial charge >= 0.3 is 5.97 Å². The molecule has 1 N–H and O–H groups in total. The second kappa shape index (κ2) is 7.45. The largest absolute Gasteiger partial charge is 0.458 e. The average molecular weight is 359 g/mol. The van der Waals surface area contributed by atoms with E-state index in [1.54, 1.807) is 4.90 Å². The third kappa shape index (κ3) is 3.24. The van der Waals surface area contributed by atoms with Gasteiger partial charge in [0.15, 0.2) is 0 Å². The first-order chi connectivity index (χ1) is 12.1. The fraction of sp³-hybridized carbons (Fsp3) is 0.368. The van der Waals surface area contributed by atoms with Crippen molar-refractivity contribution in [3.05, 3.63) is 53.6 Å². The van der Waals surface area contributed by atoms with Crippen LogP contribution in [0.15, 0.2) is 58.5 Å². The monoisotopic (exact) mass is 359 g/mol. The molecule has 2 heterocycles. The number of hydrogen-bond donors (Lipinski definition) is 1. The summed E-state index contributed by atoms with van der Waals surface area (Å²) in [5.74, 6) is -0.990. The van der Waals surface area contributed by atoms with Crippen LogP contribution in [0.5, 0.6) is 0 Å². The predicted molar refractivity (Wildman–Crippen MR) is 95.5 cm³/mol. The molecule has 132 valence electrons. The lowest BCUT2D eigenvalue weighted by atomic mass is 9.81. The molecule has 5 nitrogen and oxygen atoms in total. The molecular formula is C19H21NO4S. The van der Waals surface area contributed by atoms with E-state index in [9.17, 15) is 14.7 Å². The Kier molecular flexibility index (Phi) is 5.30. The number of β-lactam (4-membered cyclic amide) rings is 1. The number of amides is 1. The van der Waals surface area contributed by atoms with Gasteiger partial charge in [-0.3, -0.25) is 4.79 Å². The molecular weight excluding hydrogens is 338 g/mol. The molecule has 1 saturated heterocycles. The van der Waals surface area contributed by atoms with E-state index in [-0.39, 0.29) is 18.6 Å². The first-order valence-corrected chi connectivity index (χ1v) is 9.15. The molecule has 1 fully saturated rings. The molecule has 6 heteroatoms. The van der Waals surface area contributed by atoms with Gasteiger partial charge in [0.05, 0.1) is 28.7 Å². The fourth-order valence-corrected chi connectivity index (χ4v) is 4.39. The Morgan fingerprint density at radius 2 is 2.20 bits per heavy atom. The lowest BCUT2D eigenvalue weighted by Gasteiger charge is -2.45. The third-order valence-electron chi connectivity index (χ3n) is 4.53. The van der Waals surface area contributed by atoms with Gasteiger partial charge in [-0.2, -0.15) is 0 Å². The van der Waals surface area contributed by atoms with Gasteiger partial charge in [0.2, 0.25) is 5.91 Å². The minimum absolute atomic E-state index is 0.121. The second-order valence-corrected chi connectivity index (χ2v) is 7.13. The number of carbonyl (C=O) groups is 2. The molecule has 2 aliphatic rings. The molecule has 1 aromatic rings. The average Bonchev–Trinajstić information content (AvgIpc) is 2.94. The molecule has 0 spiro atoms. The summed E-state index contributed by atoms with van der Waals surface area (Å²) in [5, 5.41) is 10.8. The van der Waals surface area contributed by atoms with E-state index in [0.717, 1.165) is 4.90 Å². The number of aliphatic hydroxyl groups excluding tert-OH is 1. The van der Waals surface area contributed by atoms with E-state index in [1.165, 1.54) is 17.8 Å². The number of aliphatic hydroxyl groups is 1. The van der Waals surface area contributed by atoms with Crippen LogP contribution in [0.1, 0.15) is 19.8 Å². The highest BCUT2D eigenvalue weighted by atomic mass is 32.2. The third-order valence-corrected chi connectivity index (χ3v) is 5.67. The van der Waals surface area contributed by atoms with Gasteiger partial charge in [0.25, 0.3) is 0 Å². The van der Waals surface area contributed by atoms with Crippen molar-refractivity contribution in [2.24, 2.45) is 5.92 Å². The van der Waals surface area contributed by atoms with E-state index in [2.05, 4.69) is 6.58 Å². The van der Waals surface area contributed by atoms with Gasteiger partial charge < -0.3 is 14.7 Å². The van der Waals surface area contributed by atoms with Crippen LogP contribution in [0.3, 0.4) is 0 Å². The summed E-state index contributed by atoms with van der Waals surface area (Å²) in [6, 6.07) is 9.43. The Balaban J connectivity index is 1.88. The maximum Gasteiger partial charge on any atom is 0.337 e. The lowest BCUT2D eigenvalue weighted by molar-refractivity contribution is -0.157. The number of rotatable bonds is 7. The van der Waals surface area contributed by atoms with Crippen LogP contribution in [0, 0.1) is 5.92 Å². The smallest absolute Gasteiger partial charge is 0.337 e. The van der Waals surface area contributed by atoms with Crippen molar-refractivity contribution < 1.29 is 19.4 Å². The van der Waals surface area contributed by atoms with Gasteiger partial charge in [0.1, 0.15) is 6.61 Å². The molecule has 0 bridgehead atoms. The molecule has 0 unspecified atom stereocenters. The zero-order valence-corrected chi connectivity index (χ0v) is 14.9. The Hall–Kier alpha value is -2.05. The first kappa shape index (κ1) is 17.8. The van der Waals surface area contributed by atoms with Crippen LogP contribution in [-0.2, 0) is 14.3 Å². The molecule has 25 heavy (non-hydrogen) atoms. The predicted octanol–water partition coefficient (Wildman–Crippen LogP) is 2.72. The SMILES string of the molecule is C=CCOC(=O)C1=C(Sc2ccccc2)N2C(=O)[C@@H]([C@@H](O)CC)[C@H]2C1. The number of carbonyl (C=O) groups excluding carboxylic acids is 2. The quantitative estimate of drug-likeness (QED) is 0.461. The van der Waals surface area contributed by atoms with Crippen LogP contribution in [0.4, 0.5) is 0 Å². The maximum absolute atomic E-state index is 12.6. The van der Waals surface area contributed by atoms with Crippen molar-refractivity contribution in [1.29, 1.82) is 0 Å². The van der Waals surface area contributed by atoms with E-state index < -0.39 is 18.0 Å². The Morgan fingerprint density at radius 1 is 1.48 bits per heavy atom. The molecule has 1 amide bonds. The van der Waals surface area contributed by atoms with Crippen molar-refractivity contribution in [2.45, 2.75) is 36.8 Å². The normalized spacial score (nSPS) is 23.1. The van der Waals surface area contributed by atoms with Crippen LogP contribution in [0.2, 0.25) is 0 Å². The minimum atomic E-state index is -0.680. The van der Waals surface area contributed by atoms with Crippen LogP contribution in [-0.4, -0.2) is 40.6 Å². The standard InChI is InChI=1S/C19H21NO4S/c1-3-10-24-19(23)13-11-14-16(15(21)4-2)17(22)20(14)18(13)25-12-8-6-5-7-9-12/h3,5-9,14-16,21H,1,4,10-11H2,2H3/t14-,15+,16-/m1/s1. The van der Waals surface area contributed by atoms with Crippen molar-refractivity contribution >= 4 is 23.6 Å². The van der Waals surface area contributed by atoms with Crippen molar-refractivity contribution in [1.82, 2.24) is 4.90 Å². The Morgan fingerprint density at radius 3 is 2.84 bits per heavy atom. The van der Waals surface area contributed by atoms with Gasteiger partial charge in [-0.15, -0.1) is 0 Å². The summed E-state index contributed by atoms with van der Waals surface area (Å²) in [6.45, 7) is 5.53. The second-order valence-electron chi connectivity index (χ2n) is 6.07. The van der Waals surface area contributed by atoms with E-state index in [0.29, 0.717) is 23.4 Å². The zero-order valence-electron chi connectivity index (χ0n) is 14.1. The molecule has 0 aliphatic carbocycles. The van der Waals surface area contributed by atoms with Crippen LogP contribution < -0.4 is 0 Å². The Bertz CT molecular complexity index is 715. The van der Waals surface area contributed by atoms with E-state index >= 15 is 0 Å². The first-order valence-electron chi connectivity index (χ1n) is 8.33. The van der Waals surface area contributed by atoms with Crippen molar-refractivity contribution in [2.75, 3.05) is 6.61 Å². The van der Waals surface area contributed by atoms with Gasteiger partial charge in [-0.25, -0.2) is 4.79 Å². The Labute approximate surface area is 151 Å². The minimum Gasteiger partial charge on any atom is -0.458 e. The van der Waals surface area contributed by atoms with Crippen molar-refractivity contribution in [3.63, 3.8) is 0 Å². The highest BCUT2D eigenvalue weighted by molar-refractivity contribution is 8.03. The van der Waals surface area contributed by atoms with Gasteiger partial charge in [-0.05, 0) is 18.6 Å². The van der Waals surface area contributed by atoms with E-state index in [1.807, 2.05) is 37.3 Å². The number of thioether (sulfide) groups is 1. The number of esters is 1. The molecule has 0 saturated carbocycles. The molecule has 0 radical (unpaired) electrons. The summed E-state index contributed by atoms with van der Waals surface area (Å²) in [7, 11) is 0.